The van der Waals surface area contributed by atoms with E-state index in [1.54, 1.807) is 4.31 Å². The van der Waals surface area contributed by atoms with Crippen LogP contribution in [-0.2, 0) is 10.2 Å². The largest absolute Gasteiger partial charge is 0.329 e. The lowest BCUT2D eigenvalue weighted by Crippen LogP contribution is -2.59. The Balaban J connectivity index is 2.08. The van der Waals surface area contributed by atoms with Gasteiger partial charge in [-0.2, -0.15) is 17.4 Å². The topological polar surface area (TPSA) is 75.4 Å². The predicted octanol–water partition coefficient (Wildman–Crippen LogP) is 1.60. The van der Waals surface area contributed by atoms with Gasteiger partial charge in [0.2, 0.25) is 0 Å². The summed E-state index contributed by atoms with van der Waals surface area (Å²) in [6, 6.07) is 0. The van der Waals surface area contributed by atoms with Gasteiger partial charge in [0.05, 0.1) is 0 Å². The van der Waals surface area contributed by atoms with Crippen molar-refractivity contribution in [1.29, 1.82) is 0 Å². The zero-order valence-corrected chi connectivity index (χ0v) is 13.4. The van der Waals surface area contributed by atoms with Gasteiger partial charge < -0.3 is 5.73 Å². The molecule has 2 fully saturated rings. The Morgan fingerprint density at radius 1 is 1.20 bits per heavy atom. The number of nitrogens with two attached hydrogens (primary N) is 1. The van der Waals surface area contributed by atoms with Gasteiger partial charge in [-0.1, -0.05) is 32.6 Å². The fraction of sp³-hybridized carbons (Fsp3) is 1.00. The lowest BCUT2D eigenvalue weighted by Gasteiger charge is -2.40. The van der Waals surface area contributed by atoms with Crippen molar-refractivity contribution in [3.63, 3.8) is 0 Å². The van der Waals surface area contributed by atoms with Crippen LogP contribution in [0.4, 0.5) is 0 Å². The summed E-state index contributed by atoms with van der Waals surface area (Å²) in [5, 5.41) is 0. The summed E-state index contributed by atoms with van der Waals surface area (Å²) >= 11 is 0. The summed E-state index contributed by atoms with van der Waals surface area (Å²) in [7, 11) is -3.40. The SMILES string of the molecule is CC1CCCC(CN)(NS(=O)(=O)N2CCCCCC2)C1. The van der Waals surface area contributed by atoms with Crippen molar-refractivity contribution < 1.29 is 8.42 Å². The molecule has 1 aliphatic carbocycles. The first kappa shape index (κ1) is 16.2. The lowest BCUT2D eigenvalue weighted by atomic mass is 9.77. The first-order chi connectivity index (χ1) is 9.47. The summed E-state index contributed by atoms with van der Waals surface area (Å²) < 4.78 is 29.9. The predicted molar refractivity (Wildman–Crippen MR) is 81.5 cm³/mol. The maximum atomic E-state index is 12.6. The standard InChI is InChI=1S/C14H29N3O2S/c1-13-7-6-8-14(11-13,12-15)16-20(18,19)17-9-4-2-3-5-10-17/h13,16H,2-12,15H2,1H3. The van der Waals surface area contributed by atoms with Crippen LogP contribution in [0.15, 0.2) is 0 Å². The normalized spacial score (nSPS) is 33.8. The molecule has 0 amide bonds. The minimum atomic E-state index is -3.40. The molecular weight excluding hydrogens is 274 g/mol. The molecule has 2 unspecified atom stereocenters. The van der Waals surface area contributed by atoms with Crippen LogP contribution >= 0.6 is 0 Å². The number of nitrogens with zero attached hydrogens (tertiary/aromatic N) is 1. The molecular formula is C14H29N3O2S. The van der Waals surface area contributed by atoms with Crippen molar-refractivity contribution in [2.45, 2.75) is 63.8 Å². The van der Waals surface area contributed by atoms with Crippen molar-refractivity contribution in [2.75, 3.05) is 19.6 Å². The Morgan fingerprint density at radius 3 is 2.40 bits per heavy atom. The smallest absolute Gasteiger partial charge is 0.279 e. The van der Waals surface area contributed by atoms with Crippen LogP contribution in [0.3, 0.4) is 0 Å². The molecule has 1 heterocycles. The molecule has 1 saturated heterocycles. The first-order valence-electron chi connectivity index (χ1n) is 7.97. The van der Waals surface area contributed by atoms with Crippen LogP contribution < -0.4 is 10.5 Å². The number of nitrogens with one attached hydrogen (secondary N) is 1. The second-order valence-corrected chi connectivity index (χ2v) is 8.28. The molecule has 1 aliphatic heterocycles. The van der Waals surface area contributed by atoms with Crippen molar-refractivity contribution in [3.05, 3.63) is 0 Å². The Kier molecular flexibility index (Phi) is 5.45. The van der Waals surface area contributed by atoms with E-state index >= 15 is 0 Å². The average Bonchev–Trinajstić information content (AvgIpc) is 2.67. The van der Waals surface area contributed by atoms with Gasteiger partial charge in [0, 0.05) is 25.2 Å². The minimum absolute atomic E-state index is 0.393. The van der Waals surface area contributed by atoms with Crippen LogP contribution in [0, 0.1) is 5.92 Å². The monoisotopic (exact) mass is 303 g/mol. The van der Waals surface area contributed by atoms with E-state index in [1.807, 2.05) is 0 Å². The van der Waals surface area contributed by atoms with Gasteiger partial charge in [0.1, 0.15) is 0 Å². The molecule has 6 heteroatoms. The molecule has 0 radical (unpaired) electrons. The fourth-order valence-corrected chi connectivity index (χ4v) is 5.28. The third kappa shape index (κ3) is 3.93. The van der Waals surface area contributed by atoms with Crippen LogP contribution in [-0.4, -0.2) is 37.9 Å². The lowest BCUT2D eigenvalue weighted by molar-refractivity contribution is 0.218. The van der Waals surface area contributed by atoms with Crippen molar-refractivity contribution >= 4 is 10.2 Å². The van der Waals surface area contributed by atoms with E-state index in [-0.39, 0.29) is 0 Å². The summed E-state index contributed by atoms with van der Waals surface area (Å²) in [5.74, 6) is 0.541. The highest BCUT2D eigenvalue weighted by Gasteiger charge is 2.39. The van der Waals surface area contributed by atoms with E-state index in [1.165, 1.54) is 6.42 Å². The Bertz CT molecular complexity index is 405. The van der Waals surface area contributed by atoms with Gasteiger partial charge in [0.15, 0.2) is 0 Å². The van der Waals surface area contributed by atoms with Gasteiger partial charge in [-0.3, -0.25) is 0 Å². The molecule has 0 spiro atoms. The number of rotatable bonds is 4. The third-order valence-corrected chi connectivity index (χ3v) is 6.47. The quantitative estimate of drug-likeness (QED) is 0.828. The average molecular weight is 303 g/mol. The van der Waals surface area contributed by atoms with Crippen molar-refractivity contribution in [3.8, 4) is 0 Å². The Labute approximate surface area is 123 Å². The zero-order chi connectivity index (χ0) is 14.6. The van der Waals surface area contributed by atoms with E-state index in [0.717, 1.165) is 44.9 Å². The van der Waals surface area contributed by atoms with E-state index in [0.29, 0.717) is 25.6 Å². The molecule has 2 atom stereocenters. The van der Waals surface area contributed by atoms with Gasteiger partial charge in [-0.05, 0) is 31.6 Å². The maximum Gasteiger partial charge on any atom is 0.279 e. The highest BCUT2D eigenvalue weighted by Crippen LogP contribution is 2.32. The highest BCUT2D eigenvalue weighted by atomic mass is 32.2. The van der Waals surface area contributed by atoms with Crippen molar-refractivity contribution in [1.82, 2.24) is 9.03 Å². The van der Waals surface area contributed by atoms with Crippen LogP contribution in [0.2, 0.25) is 0 Å². The number of hydrogen-bond acceptors (Lipinski definition) is 3. The molecule has 0 aromatic heterocycles. The molecule has 20 heavy (non-hydrogen) atoms. The summed E-state index contributed by atoms with van der Waals surface area (Å²) in [6.07, 6.45) is 8.14. The summed E-state index contributed by atoms with van der Waals surface area (Å²) in [6.45, 7) is 3.87. The number of hydrogen-bond donors (Lipinski definition) is 2. The maximum absolute atomic E-state index is 12.6. The molecule has 5 nitrogen and oxygen atoms in total. The molecule has 2 aliphatic rings. The second kappa shape index (κ2) is 6.73. The molecule has 118 valence electrons. The van der Waals surface area contributed by atoms with E-state index < -0.39 is 15.7 Å². The van der Waals surface area contributed by atoms with Gasteiger partial charge >= 0.3 is 0 Å². The van der Waals surface area contributed by atoms with Crippen LogP contribution in [0.1, 0.15) is 58.3 Å². The molecule has 3 N–H and O–H groups in total. The second-order valence-electron chi connectivity index (χ2n) is 6.61. The molecule has 2 rings (SSSR count). The molecule has 0 aromatic carbocycles. The molecule has 1 saturated carbocycles. The van der Waals surface area contributed by atoms with Gasteiger partial charge in [-0.15, -0.1) is 0 Å². The van der Waals surface area contributed by atoms with Gasteiger partial charge in [0.25, 0.3) is 10.2 Å². The summed E-state index contributed by atoms with van der Waals surface area (Å²) in [4.78, 5) is 0. The summed E-state index contributed by atoms with van der Waals surface area (Å²) in [5.41, 5.74) is 5.49. The van der Waals surface area contributed by atoms with Gasteiger partial charge in [-0.25, -0.2) is 0 Å². The highest BCUT2D eigenvalue weighted by molar-refractivity contribution is 7.87. The fourth-order valence-electron chi connectivity index (χ4n) is 3.60. The third-order valence-electron chi connectivity index (χ3n) is 4.73. The van der Waals surface area contributed by atoms with E-state index in [4.69, 9.17) is 5.73 Å². The van der Waals surface area contributed by atoms with E-state index in [2.05, 4.69) is 11.6 Å². The van der Waals surface area contributed by atoms with Crippen LogP contribution in [0.5, 0.6) is 0 Å². The van der Waals surface area contributed by atoms with Crippen molar-refractivity contribution in [2.24, 2.45) is 11.7 Å². The van der Waals surface area contributed by atoms with E-state index in [9.17, 15) is 8.42 Å². The zero-order valence-electron chi connectivity index (χ0n) is 12.6. The molecule has 0 bridgehead atoms. The molecule has 0 aromatic rings. The minimum Gasteiger partial charge on any atom is -0.329 e. The Morgan fingerprint density at radius 2 is 1.85 bits per heavy atom. The Hall–Kier alpha value is -0.170. The first-order valence-corrected chi connectivity index (χ1v) is 9.41. The van der Waals surface area contributed by atoms with Crippen LogP contribution in [0.25, 0.3) is 0 Å².